The molecule has 1 saturated heterocycles. The first-order valence-electron chi connectivity index (χ1n) is 8.07. The lowest BCUT2D eigenvalue weighted by molar-refractivity contribution is -0.128. The largest absolute Gasteiger partial charge is 0.358 e. The minimum Gasteiger partial charge on any atom is -0.358 e. The van der Waals surface area contributed by atoms with Crippen LogP contribution in [0.25, 0.3) is 0 Å². The number of benzene rings is 1. The zero-order valence-corrected chi connectivity index (χ0v) is 14.2. The van der Waals surface area contributed by atoms with E-state index in [1.807, 2.05) is 24.3 Å². The van der Waals surface area contributed by atoms with Gasteiger partial charge >= 0.3 is 0 Å². The summed E-state index contributed by atoms with van der Waals surface area (Å²) in [5.74, 6) is 0.0373. The molecule has 1 aliphatic rings. The maximum absolute atomic E-state index is 12.0. The number of carbonyl (C=O) groups is 2. The van der Waals surface area contributed by atoms with Crippen molar-refractivity contribution in [2.45, 2.75) is 38.3 Å². The van der Waals surface area contributed by atoms with Crippen molar-refractivity contribution >= 4 is 23.4 Å². The Kier molecular flexibility index (Phi) is 6.86. The number of piperidine rings is 1. The second-order valence-corrected chi connectivity index (χ2v) is 6.25. The summed E-state index contributed by atoms with van der Waals surface area (Å²) in [7, 11) is 1.66. The molecule has 1 fully saturated rings. The molecule has 126 valence electrons. The van der Waals surface area contributed by atoms with Gasteiger partial charge in [-0.3, -0.25) is 14.5 Å². The molecule has 0 bridgehead atoms. The maximum Gasteiger partial charge on any atom is 0.237 e. The number of rotatable bonds is 6. The monoisotopic (exact) mass is 337 g/mol. The Morgan fingerprint density at radius 2 is 2.17 bits per heavy atom. The molecule has 0 spiro atoms. The summed E-state index contributed by atoms with van der Waals surface area (Å²) in [5, 5.41) is 6.27. The average Bonchev–Trinajstić information content (AvgIpc) is 2.57. The van der Waals surface area contributed by atoms with E-state index in [2.05, 4.69) is 15.5 Å². The molecule has 1 atom stereocenters. The summed E-state index contributed by atoms with van der Waals surface area (Å²) in [6, 6.07) is 7.34. The van der Waals surface area contributed by atoms with E-state index < -0.39 is 0 Å². The van der Waals surface area contributed by atoms with Gasteiger partial charge in [0.05, 0.1) is 6.04 Å². The first kappa shape index (κ1) is 17.8. The van der Waals surface area contributed by atoms with Gasteiger partial charge in [0.15, 0.2) is 0 Å². The summed E-state index contributed by atoms with van der Waals surface area (Å²) in [6.07, 6.45) is 3.41. The van der Waals surface area contributed by atoms with Crippen LogP contribution < -0.4 is 10.6 Å². The average molecular weight is 338 g/mol. The fourth-order valence-electron chi connectivity index (χ4n) is 2.90. The van der Waals surface area contributed by atoms with Gasteiger partial charge in [-0.1, -0.05) is 30.2 Å². The number of nitrogens with zero attached hydrogens (tertiary/aromatic N) is 1. The molecule has 23 heavy (non-hydrogen) atoms. The van der Waals surface area contributed by atoms with Crippen LogP contribution in [0.15, 0.2) is 24.3 Å². The second kappa shape index (κ2) is 8.89. The lowest BCUT2D eigenvalue weighted by Crippen LogP contribution is -2.49. The summed E-state index contributed by atoms with van der Waals surface area (Å²) in [6.45, 7) is 1.96. The third-order valence-electron chi connectivity index (χ3n) is 4.17. The SMILES string of the molecule is CNC(=O)[C@H]1CCCCN1CCC(=O)NCc1cccc(Cl)c1. The van der Waals surface area contributed by atoms with Crippen molar-refractivity contribution < 1.29 is 9.59 Å². The molecule has 0 saturated carbocycles. The van der Waals surface area contributed by atoms with Gasteiger partial charge in [0.1, 0.15) is 0 Å². The summed E-state index contributed by atoms with van der Waals surface area (Å²) < 4.78 is 0. The Morgan fingerprint density at radius 3 is 2.91 bits per heavy atom. The van der Waals surface area contributed by atoms with E-state index in [0.717, 1.165) is 31.4 Å². The molecule has 2 amide bonds. The number of likely N-dealkylation sites (tertiary alicyclic amines) is 1. The van der Waals surface area contributed by atoms with Crippen LogP contribution in [0, 0.1) is 0 Å². The molecule has 1 aromatic rings. The number of amides is 2. The normalized spacial score (nSPS) is 18.4. The fraction of sp³-hybridized carbons (Fsp3) is 0.529. The third-order valence-corrected chi connectivity index (χ3v) is 4.40. The highest BCUT2D eigenvalue weighted by atomic mass is 35.5. The summed E-state index contributed by atoms with van der Waals surface area (Å²) >= 11 is 5.93. The van der Waals surface area contributed by atoms with E-state index >= 15 is 0 Å². The highest BCUT2D eigenvalue weighted by molar-refractivity contribution is 6.30. The molecule has 0 unspecified atom stereocenters. The molecule has 2 N–H and O–H groups in total. The van der Waals surface area contributed by atoms with Crippen LogP contribution >= 0.6 is 11.6 Å². The number of likely N-dealkylation sites (N-methyl/N-ethyl adjacent to an activating group) is 1. The van der Waals surface area contributed by atoms with Gasteiger partial charge in [-0.2, -0.15) is 0 Å². The predicted octanol–water partition coefficient (Wildman–Crippen LogP) is 1.95. The first-order valence-corrected chi connectivity index (χ1v) is 8.44. The van der Waals surface area contributed by atoms with Gasteiger partial charge in [0.2, 0.25) is 11.8 Å². The highest BCUT2D eigenvalue weighted by Gasteiger charge is 2.27. The van der Waals surface area contributed by atoms with Crippen molar-refractivity contribution in [1.29, 1.82) is 0 Å². The van der Waals surface area contributed by atoms with Crippen LogP contribution in [0.2, 0.25) is 5.02 Å². The smallest absolute Gasteiger partial charge is 0.237 e. The zero-order chi connectivity index (χ0) is 16.7. The predicted molar refractivity (Wildman–Crippen MR) is 91.2 cm³/mol. The maximum atomic E-state index is 12.0. The number of carbonyl (C=O) groups excluding carboxylic acids is 2. The number of hydrogen-bond acceptors (Lipinski definition) is 3. The molecule has 0 aromatic heterocycles. The van der Waals surface area contributed by atoms with Crippen LogP contribution in [-0.4, -0.2) is 42.9 Å². The second-order valence-electron chi connectivity index (χ2n) is 5.82. The van der Waals surface area contributed by atoms with E-state index in [9.17, 15) is 9.59 Å². The van der Waals surface area contributed by atoms with Crippen LogP contribution in [0.4, 0.5) is 0 Å². The molecule has 5 nitrogen and oxygen atoms in total. The van der Waals surface area contributed by atoms with Gasteiger partial charge in [0, 0.05) is 31.6 Å². The summed E-state index contributed by atoms with van der Waals surface area (Å²) in [4.78, 5) is 26.0. The molecule has 1 heterocycles. The van der Waals surface area contributed by atoms with Gasteiger partial charge < -0.3 is 10.6 Å². The molecular formula is C17H24ClN3O2. The highest BCUT2D eigenvalue weighted by Crippen LogP contribution is 2.17. The Labute approximate surface area is 142 Å². The van der Waals surface area contributed by atoms with Crippen molar-refractivity contribution in [1.82, 2.24) is 15.5 Å². The minimum absolute atomic E-state index is 0.00814. The van der Waals surface area contributed by atoms with E-state index in [-0.39, 0.29) is 17.9 Å². The Balaban J connectivity index is 1.77. The lowest BCUT2D eigenvalue weighted by Gasteiger charge is -2.34. The third kappa shape index (κ3) is 5.52. The quantitative estimate of drug-likeness (QED) is 0.834. The molecular weight excluding hydrogens is 314 g/mol. The molecule has 6 heteroatoms. The van der Waals surface area contributed by atoms with E-state index in [4.69, 9.17) is 11.6 Å². The van der Waals surface area contributed by atoms with Gasteiger partial charge in [-0.05, 0) is 37.1 Å². The van der Waals surface area contributed by atoms with E-state index in [1.165, 1.54) is 0 Å². The number of nitrogens with one attached hydrogen (secondary N) is 2. The van der Waals surface area contributed by atoms with Crippen molar-refractivity contribution in [3.63, 3.8) is 0 Å². The Bertz CT molecular complexity index is 550. The topological polar surface area (TPSA) is 61.4 Å². The van der Waals surface area contributed by atoms with Crippen molar-refractivity contribution in [3.05, 3.63) is 34.9 Å². The van der Waals surface area contributed by atoms with Crippen LogP contribution in [0.1, 0.15) is 31.2 Å². The standard InChI is InChI=1S/C17H24ClN3O2/c1-19-17(23)15-7-2-3-9-21(15)10-8-16(22)20-12-13-5-4-6-14(18)11-13/h4-6,11,15H,2-3,7-10,12H2,1H3,(H,19,23)(H,20,22)/t15-/m1/s1. The van der Waals surface area contributed by atoms with Gasteiger partial charge in [0.25, 0.3) is 0 Å². The number of hydrogen-bond donors (Lipinski definition) is 2. The van der Waals surface area contributed by atoms with E-state index in [0.29, 0.717) is 24.5 Å². The lowest BCUT2D eigenvalue weighted by atomic mass is 10.0. The van der Waals surface area contributed by atoms with Crippen LogP contribution in [0.3, 0.4) is 0 Å². The minimum atomic E-state index is -0.102. The number of halogens is 1. The van der Waals surface area contributed by atoms with Gasteiger partial charge in [-0.25, -0.2) is 0 Å². The van der Waals surface area contributed by atoms with Crippen molar-refractivity contribution in [2.24, 2.45) is 0 Å². The van der Waals surface area contributed by atoms with Crippen molar-refractivity contribution in [3.8, 4) is 0 Å². The van der Waals surface area contributed by atoms with Gasteiger partial charge in [-0.15, -0.1) is 0 Å². The molecule has 2 rings (SSSR count). The first-order chi connectivity index (χ1) is 11.1. The van der Waals surface area contributed by atoms with Crippen LogP contribution in [0.5, 0.6) is 0 Å². The zero-order valence-electron chi connectivity index (χ0n) is 13.5. The van der Waals surface area contributed by atoms with Crippen molar-refractivity contribution in [2.75, 3.05) is 20.1 Å². The Hall–Kier alpha value is -1.59. The molecule has 1 aromatic carbocycles. The molecule has 1 aliphatic heterocycles. The summed E-state index contributed by atoms with van der Waals surface area (Å²) in [5.41, 5.74) is 0.979. The Morgan fingerprint density at radius 1 is 1.35 bits per heavy atom. The fourth-order valence-corrected chi connectivity index (χ4v) is 3.12. The van der Waals surface area contributed by atoms with Crippen LogP contribution in [-0.2, 0) is 16.1 Å². The molecule has 0 radical (unpaired) electrons. The molecule has 0 aliphatic carbocycles. The van der Waals surface area contributed by atoms with E-state index in [1.54, 1.807) is 7.05 Å².